The molecule has 0 aliphatic heterocycles. The van der Waals surface area contributed by atoms with Gasteiger partial charge in [-0.3, -0.25) is 4.79 Å². The number of aliphatic carboxylic acids is 1. The predicted octanol–water partition coefficient (Wildman–Crippen LogP) is 0.290. The molecule has 4 heteroatoms. The zero-order valence-corrected chi connectivity index (χ0v) is 5.98. The first-order valence-electron chi connectivity index (χ1n) is 3.05. The van der Waals surface area contributed by atoms with E-state index in [0.29, 0.717) is 0 Å². The number of carboxylic acid groups (broad SMARTS) is 1. The summed E-state index contributed by atoms with van der Waals surface area (Å²) in [4.78, 5) is 10.2. The molecular weight excluding hydrogens is 148 g/mol. The first-order valence-corrected chi connectivity index (χ1v) is 3.05. The van der Waals surface area contributed by atoms with Crippen molar-refractivity contribution >= 4 is 5.97 Å². The summed E-state index contributed by atoms with van der Waals surface area (Å²) < 4.78 is 0. The van der Waals surface area contributed by atoms with E-state index in [4.69, 9.17) is 15.3 Å². The van der Waals surface area contributed by atoms with Gasteiger partial charge in [0.25, 0.3) is 0 Å². The highest BCUT2D eigenvalue weighted by atomic mass is 16.5. The second-order valence-electron chi connectivity index (χ2n) is 2.40. The Hall–Kier alpha value is -0.610. The first kappa shape index (κ1) is 13.0. The number of hydrogen-bond acceptors (Lipinski definition) is 3. The lowest BCUT2D eigenvalue weighted by Crippen LogP contribution is -2.28. The van der Waals surface area contributed by atoms with E-state index in [9.17, 15) is 4.79 Å². The van der Waals surface area contributed by atoms with Crippen LogP contribution in [0.25, 0.3) is 0 Å². The summed E-state index contributed by atoms with van der Waals surface area (Å²) in [6.45, 7) is 2.91. The van der Waals surface area contributed by atoms with Crippen LogP contribution in [0, 0.1) is 11.8 Å². The molecule has 3 N–H and O–H groups in total. The zero-order chi connectivity index (χ0) is 8.31. The van der Waals surface area contributed by atoms with Crippen molar-refractivity contribution in [2.24, 2.45) is 11.8 Å². The zero-order valence-electron chi connectivity index (χ0n) is 5.98. The van der Waals surface area contributed by atoms with Crippen LogP contribution in [0.1, 0.15) is 21.3 Å². The summed E-state index contributed by atoms with van der Waals surface area (Å²) in [6.07, 6.45) is -1.55. The maximum Gasteiger partial charge on any atom is 0.306 e. The van der Waals surface area contributed by atoms with Crippen molar-refractivity contribution in [3.8, 4) is 0 Å². The van der Waals surface area contributed by atoms with Gasteiger partial charge in [0.2, 0.25) is 0 Å². The molecule has 0 amide bonds. The Morgan fingerprint density at radius 1 is 1.27 bits per heavy atom. The number of hydrogen-bond donors (Lipinski definition) is 3. The summed E-state index contributed by atoms with van der Waals surface area (Å²) in [5.41, 5.74) is 0. The molecule has 68 valence electrons. The third-order valence-electron chi connectivity index (χ3n) is 1.65. The first-order chi connectivity index (χ1) is 4.46. The Bertz CT molecular complexity index is 122. The SMILES string of the molecule is C.CC(C(=O)O)C(C)C(O)O. The minimum atomic E-state index is -1.55. The maximum atomic E-state index is 10.2. The van der Waals surface area contributed by atoms with Gasteiger partial charge in [0, 0.05) is 5.92 Å². The number of carboxylic acids is 1. The second kappa shape index (κ2) is 5.09. The molecule has 4 nitrogen and oxygen atoms in total. The molecular formula is C7H16O4. The lowest BCUT2D eigenvalue weighted by Gasteiger charge is -2.16. The third kappa shape index (κ3) is 3.95. The average Bonchev–Trinajstić information content (AvgIpc) is 1.84. The predicted molar refractivity (Wildman–Crippen MR) is 40.9 cm³/mol. The number of carbonyl (C=O) groups is 1. The van der Waals surface area contributed by atoms with Gasteiger partial charge in [-0.25, -0.2) is 0 Å². The summed E-state index contributed by atoms with van der Waals surface area (Å²) in [5.74, 6) is -2.36. The van der Waals surface area contributed by atoms with Crippen molar-refractivity contribution in [3.63, 3.8) is 0 Å². The molecule has 0 heterocycles. The second-order valence-corrected chi connectivity index (χ2v) is 2.40. The fraction of sp³-hybridized carbons (Fsp3) is 0.857. The van der Waals surface area contributed by atoms with Crippen LogP contribution < -0.4 is 0 Å². The van der Waals surface area contributed by atoms with Crippen molar-refractivity contribution in [2.75, 3.05) is 0 Å². The molecule has 0 saturated carbocycles. The number of aliphatic hydroxyl groups is 2. The van der Waals surface area contributed by atoms with Gasteiger partial charge in [-0.15, -0.1) is 0 Å². The molecule has 0 aliphatic carbocycles. The summed E-state index contributed by atoms with van der Waals surface area (Å²) in [6, 6.07) is 0. The Morgan fingerprint density at radius 2 is 1.64 bits per heavy atom. The van der Waals surface area contributed by atoms with Crippen LogP contribution in [0.15, 0.2) is 0 Å². The molecule has 0 saturated heterocycles. The van der Waals surface area contributed by atoms with Crippen molar-refractivity contribution in [3.05, 3.63) is 0 Å². The number of rotatable bonds is 3. The van der Waals surface area contributed by atoms with Gasteiger partial charge in [0.05, 0.1) is 5.92 Å². The van der Waals surface area contributed by atoms with Crippen molar-refractivity contribution in [1.82, 2.24) is 0 Å². The molecule has 0 fully saturated rings. The molecule has 2 atom stereocenters. The molecule has 0 radical (unpaired) electrons. The fourth-order valence-corrected chi connectivity index (χ4v) is 0.483. The van der Waals surface area contributed by atoms with E-state index in [2.05, 4.69) is 0 Å². The Kier molecular flexibility index (Phi) is 6.03. The monoisotopic (exact) mass is 164 g/mol. The Balaban J connectivity index is 0. The van der Waals surface area contributed by atoms with Crippen LogP contribution in [-0.2, 0) is 4.79 Å². The summed E-state index contributed by atoms with van der Waals surface area (Å²) in [5, 5.41) is 25.4. The van der Waals surface area contributed by atoms with Gasteiger partial charge < -0.3 is 15.3 Å². The van der Waals surface area contributed by atoms with Crippen LogP contribution in [-0.4, -0.2) is 27.6 Å². The van der Waals surface area contributed by atoms with Gasteiger partial charge in [-0.1, -0.05) is 21.3 Å². The van der Waals surface area contributed by atoms with Gasteiger partial charge in [0.15, 0.2) is 6.29 Å². The highest BCUT2D eigenvalue weighted by Crippen LogP contribution is 2.13. The molecule has 11 heavy (non-hydrogen) atoms. The minimum absolute atomic E-state index is 0. The molecule has 0 aromatic carbocycles. The lowest BCUT2D eigenvalue weighted by atomic mass is 9.96. The van der Waals surface area contributed by atoms with Crippen LogP contribution in [0.5, 0.6) is 0 Å². The molecule has 0 bridgehead atoms. The topological polar surface area (TPSA) is 77.8 Å². The van der Waals surface area contributed by atoms with Crippen molar-refractivity contribution < 1.29 is 20.1 Å². The van der Waals surface area contributed by atoms with Crippen molar-refractivity contribution in [1.29, 1.82) is 0 Å². The van der Waals surface area contributed by atoms with Crippen LogP contribution in [0.4, 0.5) is 0 Å². The van der Waals surface area contributed by atoms with E-state index in [-0.39, 0.29) is 7.43 Å². The third-order valence-corrected chi connectivity index (χ3v) is 1.65. The van der Waals surface area contributed by atoms with E-state index in [1.165, 1.54) is 13.8 Å². The van der Waals surface area contributed by atoms with Gasteiger partial charge >= 0.3 is 5.97 Å². The van der Waals surface area contributed by atoms with E-state index in [0.717, 1.165) is 0 Å². The highest BCUT2D eigenvalue weighted by Gasteiger charge is 2.23. The van der Waals surface area contributed by atoms with Crippen molar-refractivity contribution in [2.45, 2.75) is 27.6 Å². The normalized spacial score (nSPS) is 15.4. The van der Waals surface area contributed by atoms with Crippen LogP contribution in [0.2, 0.25) is 0 Å². The molecule has 0 aromatic rings. The van der Waals surface area contributed by atoms with E-state index in [1.54, 1.807) is 0 Å². The van der Waals surface area contributed by atoms with Gasteiger partial charge in [-0.2, -0.15) is 0 Å². The standard InChI is InChI=1S/C6H12O4.CH4/c1-3(5(7)8)4(2)6(9)10;/h3-5,7-8H,1-2H3,(H,9,10);1H4. The van der Waals surface area contributed by atoms with E-state index < -0.39 is 24.1 Å². The smallest absolute Gasteiger partial charge is 0.306 e. The fourth-order valence-electron chi connectivity index (χ4n) is 0.483. The minimum Gasteiger partial charge on any atom is -0.481 e. The summed E-state index contributed by atoms with van der Waals surface area (Å²) >= 11 is 0. The van der Waals surface area contributed by atoms with E-state index >= 15 is 0 Å². The highest BCUT2D eigenvalue weighted by molar-refractivity contribution is 5.69. The molecule has 0 aliphatic rings. The van der Waals surface area contributed by atoms with E-state index in [1.807, 2.05) is 0 Å². The summed E-state index contributed by atoms with van der Waals surface area (Å²) in [7, 11) is 0. The Labute approximate surface area is 66.5 Å². The van der Waals surface area contributed by atoms with Gasteiger partial charge in [-0.05, 0) is 0 Å². The molecule has 0 aromatic heterocycles. The van der Waals surface area contributed by atoms with Crippen LogP contribution >= 0.6 is 0 Å². The Morgan fingerprint density at radius 3 is 1.73 bits per heavy atom. The largest absolute Gasteiger partial charge is 0.481 e. The molecule has 2 unspecified atom stereocenters. The molecule has 0 spiro atoms. The number of aliphatic hydroxyl groups excluding tert-OH is 1. The lowest BCUT2D eigenvalue weighted by molar-refractivity contribution is -0.151. The quantitative estimate of drug-likeness (QED) is 0.524. The van der Waals surface area contributed by atoms with Crippen LogP contribution in [0.3, 0.4) is 0 Å². The van der Waals surface area contributed by atoms with Gasteiger partial charge in [0.1, 0.15) is 0 Å². The molecule has 0 rings (SSSR count). The average molecular weight is 164 g/mol. The maximum absolute atomic E-state index is 10.2.